The van der Waals surface area contributed by atoms with E-state index < -0.39 is 17.7 Å². The smallest absolute Gasteiger partial charge is 0.295 e. The summed E-state index contributed by atoms with van der Waals surface area (Å²) < 4.78 is 16.6. The number of rotatable bonds is 8. The minimum atomic E-state index is -0.847. The topological polar surface area (TPSA) is 85.3 Å². The number of ether oxygens (including phenoxy) is 3. The van der Waals surface area contributed by atoms with Gasteiger partial charge in [0, 0.05) is 5.56 Å². The average Bonchev–Trinajstić information content (AvgIpc) is 3.14. The number of hydrogen-bond acceptors (Lipinski definition) is 6. The van der Waals surface area contributed by atoms with Crippen LogP contribution in [-0.4, -0.2) is 42.5 Å². The molecule has 1 aliphatic rings. The van der Waals surface area contributed by atoms with E-state index in [4.69, 9.17) is 14.2 Å². The Morgan fingerprint density at radius 1 is 0.944 bits per heavy atom. The van der Waals surface area contributed by atoms with E-state index in [9.17, 15) is 14.7 Å². The first-order chi connectivity index (χ1) is 17.4. The van der Waals surface area contributed by atoms with Gasteiger partial charge in [0.25, 0.3) is 11.7 Å². The molecule has 1 atom stereocenters. The molecular weight excluding hydrogens is 458 g/mol. The van der Waals surface area contributed by atoms with Crippen molar-refractivity contribution in [2.75, 3.05) is 20.8 Å². The number of aryl methyl sites for hydroxylation is 1. The summed E-state index contributed by atoms with van der Waals surface area (Å²) in [5, 5.41) is 11.5. The van der Waals surface area contributed by atoms with Gasteiger partial charge in [0.15, 0.2) is 0 Å². The van der Waals surface area contributed by atoms with Gasteiger partial charge in [-0.3, -0.25) is 9.59 Å². The van der Waals surface area contributed by atoms with Crippen molar-refractivity contribution in [3.8, 4) is 17.2 Å². The van der Waals surface area contributed by atoms with Crippen molar-refractivity contribution >= 4 is 17.4 Å². The van der Waals surface area contributed by atoms with E-state index in [1.807, 2.05) is 50.2 Å². The number of aliphatic hydroxyl groups is 1. The highest BCUT2D eigenvalue weighted by Gasteiger charge is 2.46. The molecule has 1 heterocycles. The van der Waals surface area contributed by atoms with Crippen molar-refractivity contribution in [3.05, 3.63) is 94.6 Å². The van der Waals surface area contributed by atoms with Crippen molar-refractivity contribution in [2.45, 2.75) is 26.4 Å². The molecule has 1 aliphatic heterocycles. The number of hydrogen-bond donors (Lipinski definition) is 1. The summed E-state index contributed by atoms with van der Waals surface area (Å²) >= 11 is 0. The van der Waals surface area contributed by atoms with Crippen LogP contribution in [0.1, 0.15) is 35.2 Å². The molecule has 3 aromatic rings. The minimum absolute atomic E-state index is 0.00699. The lowest BCUT2D eigenvalue weighted by Gasteiger charge is -2.26. The van der Waals surface area contributed by atoms with Crippen LogP contribution in [0.4, 0.5) is 0 Å². The summed E-state index contributed by atoms with van der Waals surface area (Å²) in [4.78, 5) is 28.3. The Hall–Kier alpha value is -4.26. The molecule has 7 heteroatoms. The van der Waals surface area contributed by atoms with Crippen molar-refractivity contribution in [2.24, 2.45) is 0 Å². The zero-order valence-corrected chi connectivity index (χ0v) is 20.8. The molecule has 3 aromatic carbocycles. The third-order valence-corrected chi connectivity index (χ3v) is 6.17. The lowest BCUT2D eigenvalue weighted by molar-refractivity contribution is -0.140. The van der Waals surface area contributed by atoms with Gasteiger partial charge in [-0.1, -0.05) is 42.0 Å². The SMILES string of the molecule is CCOc1cccc(C2/C(=C(\O)c3cc(C)ccc3OC)C(=O)C(=O)N2Cc2ccccc2OC)c1. The molecule has 1 saturated heterocycles. The lowest BCUT2D eigenvalue weighted by Crippen LogP contribution is -2.29. The number of ketones is 1. The Morgan fingerprint density at radius 2 is 1.69 bits per heavy atom. The molecule has 1 N–H and O–H groups in total. The maximum absolute atomic E-state index is 13.4. The van der Waals surface area contributed by atoms with Crippen LogP contribution in [-0.2, 0) is 16.1 Å². The molecule has 186 valence electrons. The Balaban J connectivity index is 1.92. The number of para-hydroxylation sites is 1. The Bertz CT molecular complexity index is 1330. The van der Waals surface area contributed by atoms with Gasteiger partial charge in [-0.15, -0.1) is 0 Å². The predicted molar refractivity (Wildman–Crippen MR) is 136 cm³/mol. The van der Waals surface area contributed by atoms with E-state index in [0.29, 0.717) is 35.0 Å². The minimum Gasteiger partial charge on any atom is -0.507 e. The first-order valence-corrected chi connectivity index (χ1v) is 11.7. The summed E-state index contributed by atoms with van der Waals surface area (Å²) in [6, 6.07) is 19.0. The molecule has 7 nitrogen and oxygen atoms in total. The van der Waals surface area contributed by atoms with Crippen LogP contribution in [0.3, 0.4) is 0 Å². The van der Waals surface area contributed by atoms with Crippen molar-refractivity contribution in [1.29, 1.82) is 0 Å². The monoisotopic (exact) mass is 487 g/mol. The second-order valence-corrected chi connectivity index (χ2v) is 8.45. The molecule has 36 heavy (non-hydrogen) atoms. The van der Waals surface area contributed by atoms with Crippen LogP contribution in [0, 0.1) is 6.92 Å². The van der Waals surface area contributed by atoms with E-state index >= 15 is 0 Å². The molecule has 1 amide bonds. The van der Waals surface area contributed by atoms with Crippen LogP contribution in [0.15, 0.2) is 72.3 Å². The number of carbonyl (C=O) groups excluding carboxylic acids is 2. The molecule has 1 fully saturated rings. The molecule has 0 saturated carbocycles. The number of nitrogens with zero attached hydrogens (tertiary/aromatic N) is 1. The molecule has 4 rings (SSSR count). The van der Waals surface area contributed by atoms with E-state index in [1.165, 1.54) is 12.0 Å². The lowest BCUT2D eigenvalue weighted by atomic mass is 9.94. The molecule has 0 spiro atoms. The molecule has 0 aromatic heterocycles. The van der Waals surface area contributed by atoms with E-state index in [-0.39, 0.29) is 17.9 Å². The zero-order chi connectivity index (χ0) is 25.8. The molecule has 1 unspecified atom stereocenters. The third kappa shape index (κ3) is 4.64. The highest BCUT2D eigenvalue weighted by atomic mass is 16.5. The first-order valence-electron chi connectivity index (χ1n) is 11.7. The van der Waals surface area contributed by atoms with E-state index in [0.717, 1.165) is 11.1 Å². The summed E-state index contributed by atoms with van der Waals surface area (Å²) in [6.07, 6.45) is 0. The first kappa shape index (κ1) is 24.9. The third-order valence-electron chi connectivity index (χ3n) is 6.17. The van der Waals surface area contributed by atoms with Gasteiger partial charge < -0.3 is 24.2 Å². The van der Waals surface area contributed by atoms with Crippen LogP contribution < -0.4 is 14.2 Å². The fraction of sp³-hybridized carbons (Fsp3) is 0.241. The van der Waals surface area contributed by atoms with Gasteiger partial charge in [-0.2, -0.15) is 0 Å². The predicted octanol–water partition coefficient (Wildman–Crippen LogP) is 5.03. The van der Waals surface area contributed by atoms with Gasteiger partial charge in [0.2, 0.25) is 0 Å². The summed E-state index contributed by atoms with van der Waals surface area (Å²) in [5.41, 5.74) is 2.59. The average molecular weight is 488 g/mol. The number of carbonyl (C=O) groups is 2. The largest absolute Gasteiger partial charge is 0.507 e. The van der Waals surface area contributed by atoms with Crippen molar-refractivity contribution < 1.29 is 28.9 Å². The summed E-state index contributed by atoms with van der Waals surface area (Å²) in [6.45, 7) is 4.33. The van der Waals surface area contributed by atoms with Gasteiger partial charge in [-0.25, -0.2) is 0 Å². The number of Topliss-reactive ketones (excluding diaryl/α,β-unsaturated/α-hetero) is 1. The Morgan fingerprint density at radius 3 is 2.42 bits per heavy atom. The Labute approximate surface area is 210 Å². The van der Waals surface area contributed by atoms with Crippen LogP contribution in [0.5, 0.6) is 17.2 Å². The fourth-order valence-corrected chi connectivity index (χ4v) is 4.50. The van der Waals surface area contributed by atoms with Gasteiger partial charge in [0.05, 0.1) is 44.5 Å². The summed E-state index contributed by atoms with van der Waals surface area (Å²) in [7, 11) is 3.05. The number of likely N-dealkylation sites (tertiary alicyclic amines) is 1. The molecule has 0 bridgehead atoms. The molecule has 0 aliphatic carbocycles. The second kappa shape index (κ2) is 10.6. The fourth-order valence-electron chi connectivity index (χ4n) is 4.50. The maximum atomic E-state index is 13.4. The maximum Gasteiger partial charge on any atom is 0.295 e. The number of amides is 1. The van der Waals surface area contributed by atoms with E-state index in [1.54, 1.807) is 37.4 Å². The van der Waals surface area contributed by atoms with Crippen LogP contribution >= 0.6 is 0 Å². The highest BCUT2D eigenvalue weighted by Crippen LogP contribution is 2.43. The normalized spacial score (nSPS) is 16.8. The number of aliphatic hydroxyl groups excluding tert-OH is 1. The van der Waals surface area contributed by atoms with E-state index in [2.05, 4.69) is 0 Å². The van der Waals surface area contributed by atoms with Crippen molar-refractivity contribution in [1.82, 2.24) is 4.90 Å². The van der Waals surface area contributed by atoms with Gasteiger partial charge in [-0.05, 0) is 49.7 Å². The zero-order valence-electron chi connectivity index (χ0n) is 20.8. The second-order valence-electron chi connectivity index (χ2n) is 8.45. The standard InChI is InChI=1S/C29H29NO6/c1-5-36-21-11-8-10-19(16-21)26-25(27(31)22-15-18(2)13-14-24(22)35-4)28(32)29(33)30(26)17-20-9-6-7-12-23(20)34-3/h6-16,26,31H,5,17H2,1-4H3/b27-25+. The van der Waals surface area contributed by atoms with Crippen molar-refractivity contribution in [3.63, 3.8) is 0 Å². The summed E-state index contributed by atoms with van der Waals surface area (Å²) in [5.74, 6) is -0.162. The van der Waals surface area contributed by atoms with Crippen LogP contribution in [0.25, 0.3) is 5.76 Å². The molecular formula is C29H29NO6. The molecule has 0 radical (unpaired) electrons. The van der Waals surface area contributed by atoms with Gasteiger partial charge in [0.1, 0.15) is 23.0 Å². The number of methoxy groups -OCH3 is 2. The number of benzene rings is 3. The quantitative estimate of drug-likeness (QED) is 0.272. The highest BCUT2D eigenvalue weighted by molar-refractivity contribution is 6.46. The van der Waals surface area contributed by atoms with Gasteiger partial charge >= 0.3 is 0 Å². The van der Waals surface area contributed by atoms with Crippen LogP contribution in [0.2, 0.25) is 0 Å². The Kier molecular flexibility index (Phi) is 7.29.